The van der Waals surface area contributed by atoms with Crippen LogP contribution in [0.2, 0.25) is 0 Å². The minimum absolute atomic E-state index is 0.212. The van der Waals surface area contributed by atoms with Crippen molar-refractivity contribution in [1.82, 2.24) is 19.5 Å². The third kappa shape index (κ3) is 4.12. The summed E-state index contributed by atoms with van der Waals surface area (Å²) in [4.78, 5) is 16.1. The molecule has 1 aliphatic heterocycles. The Kier molecular flexibility index (Phi) is 5.80. The molecule has 1 aromatic carbocycles. The highest BCUT2D eigenvalue weighted by Gasteiger charge is 2.18. The highest BCUT2D eigenvalue weighted by molar-refractivity contribution is 5.86. The van der Waals surface area contributed by atoms with E-state index in [1.54, 1.807) is 6.33 Å². The number of aromatic nitrogens is 4. The van der Waals surface area contributed by atoms with E-state index in [1.807, 2.05) is 0 Å². The topological polar surface area (TPSA) is 80.1 Å². The first kappa shape index (κ1) is 19.4. The van der Waals surface area contributed by atoms with Crippen molar-refractivity contribution < 1.29 is 4.74 Å². The number of fused-ring (bicyclic) bond motifs is 1. The molecule has 1 aliphatic rings. The zero-order valence-corrected chi connectivity index (χ0v) is 17.4. The number of hydrogen-bond donors (Lipinski definition) is 2. The number of anilines is 4. The lowest BCUT2D eigenvalue weighted by atomic mass is 10.2. The molecule has 3 aromatic rings. The number of nitrogens with zero attached hydrogens (tertiary/aromatic N) is 5. The molecule has 2 aromatic heterocycles. The fourth-order valence-corrected chi connectivity index (χ4v) is 3.57. The van der Waals surface area contributed by atoms with Crippen LogP contribution in [0.3, 0.4) is 0 Å². The van der Waals surface area contributed by atoms with E-state index < -0.39 is 0 Å². The Hall–Kier alpha value is -2.87. The summed E-state index contributed by atoms with van der Waals surface area (Å²) in [5.41, 5.74) is 3.84. The van der Waals surface area contributed by atoms with E-state index in [9.17, 15) is 0 Å². The first-order chi connectivity index (χ1) is 14.2. The molecule has 0 spiro atoms. The van der Waals surface area contributed by atoms with Crippen LogP contribution in [0, 0.1) is 0 Å². The van der Waals surface area contributed by atoms with Gasteiger partial charge in [-0.3, -0.25) is 4.57 Å². The molecule has 0 atom stereocenters. The summed E-state index contributed by atoms with van der Waals surface area (Å²) in [6.07, 6.45) is 2.62. The van der Waals surface area contributed by atoms with Gasteiger partial charge in [0, 0.05) is 37.1 Å². The van der Waals surface area contributed by atoms with Crippen LogP contribution in [0.5, 0.6) is 0 Å². The van der Waals surface area contributed by atoms with E-state index in [1.165, 1.54) is 5.69 Å². The molecule has 0 bridgehead atoms. The number of imidazole rings is 1. The van der Waals surface area contributed by atoms with Gasteiger partial charge in [0.1, 0.15) is 6.33 Å². The van der Waals surface area contributed by atoms with Crippen LogP contribution < -0.4 is 15.5 Å². The number of morpholine rings is 1. The molecule has 8 nitrogen and oxygen atoms in total. The Morgan fingerprint density at radius 3 is 2.55 bits per heavy atom. The zero-order valence-electron chi connectivity index (χ0n) is 17.4. The minimum Gasteiger partial charge on any atom is -0.378 e. The van der Waals surface area contributed by atoms with Gasteiger partial charge in [-0.05, 0) is 44.5 Å². The first-order valence-corrected chi connectivity index (χ1v) is 10.3. The molecule has 4 rings (SSSR count). The molecular weight excluding hydrogens is 366 g/mol. The standard InChI is InChI=1S/C21H29N7O/c1-4-9-22-19-18-20(24-14-23-19)28(15(2)3)21(26-18)25-16-5-7-17(8-6-16)27-10-12-29-13-11-27/h5-8,14-15H,4,9-13H2,1-3H3,(H,25,26)(H,22,23,24). The summed E-state index contributed by atoms with van der Waals surface area (Å²) in [5.74, 6) is 1.55. The summed E-state index contributed by atoms with van der Waals surface area (Å²) in [5, 5.41) is 6.82. The molecule has 2 N–H and O–H groups in total. The average molecular weight is 396 g/mol. The van der Waals surface area contributed by atoms with Gasteiger partial charge in [-0.1, -0.05) is 6.92 Å². The summed E-state index contributed by atoms with van der Waals surface area (Å²) in [6, 6.07) is 8.69. The fraction of sp³-hybridized carbons (Fsp3) is 0.476. The molecule has 0 amide bonds. The number of benzene rings is 1. The maximum atomic E-state index is 5.44. The van der Waals surface area contributed by atoms with Gasteiger partial charge in [0.25, 0.3) is 0 Å². The lowest BCUT2D eigenvalue weighted by Crippen LogP contribution is -2.36. The number of hydrogen-bond acceptors (Lipinski definition) is 7. The third-order valence-electron chi connectivity index (χ3n) is 5.04. The van der Waals surface area contributed by atoms with E-state index in [2.05, 4.69) is 75.1 Å². The number of rotatable bonds is 7. The first-order valence-electron chi connectivity index (χ1n) is 10.3. The summed E-state index contributed by atoms with van der Waals surface area (Å²) in [6.45, 7) is 10.7. The molecule has 154 valence electrons. The van der Waals surface area contributed by atoms with E-state index in [4.69, 9.17) is 9.72 Å². The van der Waals surface area contributed by atoms with Crippen LogP contribution in [-0.4, -0.2) is 52.4 Å². The highest BCUT2D eigenvalue weighted by Crippen LogP contribution is 2.29. The Labute approximate surface area is 171 Å². The van der Waals surface area contributed by atoms with Crippen LogP contribution in [-0.2, 0) is 4.74 Å². The zero-order chi connectivity index (χ0) is 20.2. The van der Waals surface area contributed by atoms with Gasteiger partial charge in [0.15, 0.2) is 17.0 Å². The van der Waals surface area contributed by atoms with Gasteiger partial charge in [-0.15, -0.1) is 0 Å². The average Bonchev–Trinajstić information content (AvgIpc) is 3.12. The van der Waals surface area contributed by atoms with Gasteiger partial charge >= 0.3 is 0 Å². The SMILES string of the molecule is CCCNc1ncnc2c1nc(Nc1ccc(N3CCOCC3)cc1)n2C(C)C. The second kappa shape index (κ2) is 8.65. The lowest BCUT2D eigenvalue weighted by Gasteiger charge is -2.28. The van der Waals surface area contributed by atoms with Crippen molar-refractivity contribution >= 4 is 34.3 Å². The van der Waals surface area contributed by atoms with E-state index in [0.717, 1.165) is 67.9 Å². The third-order valence-corrected chi connectivity index (χ3v) is 5.04. The lowest BCUT2D eigenvalue weighted by molar-refractivity contribution is 0.122. The second-order valence-electron chi connectivity index (χ2n) is 7.49. The van der Waals surface area contributed by atoms with Crippen molar-refractivity contribution in [3.05, 3.63) is 30.6 Å². The van der Waals surface area contributed by atoms with Gasteiger partial charge in [-0.25, -0.2) is 15.0 Å². The largest absolute Gasteiger partial charge is 0.378 e. The fourth-order valence-electron chi connectivity index (χ4n) is 3.57. The van der Waals surface area contributed by atoms with Gasteiger partial charge in [-0.2, -0.15) is 0 Å². The smallest absolute Gasteiger partial charge is 0.210 e. The summed E-state index contributed by atoms with van der Waals surface area (Å²) in [7, 11) is 0. The molecule has 0 unspecified atom stereocenters. The molecule has 1 saturated heterocycles. The number of ether oxygens (including phenoxy) is 1. The van der Waals surface area contributed by atoms with Crippen molar-refractivity contribution in [2.75, 3.05) is 48.4 Å². The van der Waals surface area contributed by atoms with Crippen molar-refractivity contribution in [1.29, 1.82) is 0 Å². The van der Waals surface area contributed by atoms with Gasteiger partial charge in [0.2, 0.25) is 5.95 Å². The molecule has 0 saturated carbocycles. The molecule has 0 radical (unpaired) electrons. The summed E-state index contributed by atoms with van der Waals surface area (Å²) < 4.78 is 7.56. The Balaban J connectivity index is 1.62. The maximum Gasteiger partial charge on any atom is 0.210 e. The quantitative estimate of drug-likeness (QED) is 0.630. The van der Waals surface area contributed by atoms with Crippen LogP contribution >= 0.6 is 0 Å². The Bertz CT molecular complexity index is 946. The van der Waals surface area contributed by atoms with Crippen molar-refractivity contribution in [3.8, 4) is 0 Å². The predicted octanol–water partition coefficient (Wildman–Crippen LogP) is 3.81. The maximum absolute atomic E-state index is 5.44. The van der Waals surface area contributed by atoms with Crippen LogP contribution in [0.4, 0.5) is 23.1 Å². The van der Waals surface area contributed by atoms with E-state index >= 15 is 0 Å². The molecular formula is C21H29N7O. The second-order valence-corrected chi connectivity index (χ2v) is 7.49. The summed E-state index contributed by atoms with van der Waals surface area (Å²) >= 11 is 0. The van der Waals surface area contributed by atoms with E-state index in [0.29, 0.717) is 0 Å². The van der Waals surface area contributed by atoms with Crippen molar-refractivity contribution in [3.63, 3.8) is 0 Å². The van der Waals surface area contributed by atoms with Gasteiger partial charge in [0.05, 0.1) is 13.2 Å². The van der Waals surface area contributed by atoms with Crippen LogP contribution in [0.1, 0.15) is 33.2 Å². The predicted molar refractivity (Wildman–Crippen MR) is 117 cm³/mol. The molecule has 29 heavy (non-hydrogen) atoms. The minimum atomic E-state index is 0.212. The molecule has 3 heterocycles. The normalized spacial score (nSPS) is 14.6. The number of nitrogens with one attached hydrogen (secondary N) is 2. The molecule has 8 heteroatoms. The van der Waals surface area contributed by atoms with Crippen molar-refractivity contribution in [2.24, 2.45) is 0 Å². The van der Waals surface area contributed by atoms with Crippen molar-refractivity contribution in [2.45, 2.75) is 33.2 Å². The Morgan fingerprint density at radius 2 is 1.86 bits per heavy atom. The van der Waals surface area contributed by atoms with Gasteiger partial charge < -0.3 is 20.3 Å². The van der Waals surface area contributed by atoms with Crippen LogP contribution in [0.15, 0.2) is 30.6 Å². The monoisotopic (exact) mass is 395 g/mol. The molecule has 0 aliphatic carbocycles. The Morgan fingerprint density at radius 1 is 1.10 bits per heavy atom. The van der Waals surface area contributed by atoms with E-state index in [-0.39, 0.29) is 6.04 Å². The molecule has 1 fully saturated rings. The highest BCUT2D eigenvalue weighted by atomic mass is 16.5. The van der Waals surface area contributed by atoms with Crippen LogP contribution in [0.25, 0.3) is 11.2 Å².